The molecule has 0 amide bonds. The lowest BCUT2D eigenvalue weighted by Crippen LogP contribution is -1.94. The lowest BCUT2D eigenvalue weighted by molar-refractivity contribution is 0.521. The molecule has 1 saturated carbocycles. The summed E-state index contributed by atoms with van der Waals surface area (Å²) in [4.78, 5) is 0. The zero-order chi connectivity index (χ0) is 9.10. The van der Waals surface area contributed by atoms with Crippen molar-refractivity contribution in [3.05, 3.63) is 35.9 Å². The summed E-state index contributed by atoms with van der Waals surface area (Å²) < 4.78 is 0. The Balaban J connectivity index is 2.04. The van der Waals surface area contributed by atoms with Crippen LogP contribution in [-0.2, 0) is 0 Å². The van der Waals surface area contributed by atoms with Gasteiger partial charge in [0.1, 0.15) is 0 Å². The van der Waals surface area contributed by atoms with Gasteiger partial charge in [-0.3, -0.25) is 0 Å². The lowest BCUT2D eigenvalue weighted by Gasteiger charge is -2.09. The Bertz CT molecular complexity index is 250. The first-order valence-corrected chi connectivity index (χ1v) is 5.45. The van der Waals surface area contributed by atoms with Crippen molar-refractivity contribution in [1.82, 2.24) is 0 Å². The van der Waals surface area contributed by atoms with E-state index in [4.69, 9.17) is 0 Å². The van der Waals surface area contributed by atoms with Gasteiger partial charge in [0.2, 0.25) is 0 Å². The van der Waals surface area contributed by atoms with E-state index in [1.54, 1.807) is 5.56 Å². The molecule has 0 aromatic heterocycles. The van der Waals surface area contributed by atoms with Crippen LogP contribution in [0.15, 0.2) is 30.3 Å². The fourth-order valence-corrected chi connectivity index (χ4v) is 2.47. The van der Waals surface area contributed by atoms with Gasteiger partial charge in [0.15, 0.2) is 0 Å². The van der Waals surface area contributed by atoms with Crippen LogP contribution < -0.4 is 0 Å². The van der Waals surface area contributed by atoms with Crippen molar-refractivity contribution in [1.29, 1.82) is 0 Å². The molecular formula is C13H18. The van der Waals surface area contributed by atoms with Gasteiger partial charge in [-0.15, -0.1) is 0 Å². The van der Waals surface area contributed by atoms with Crippen molar-refractivity contribution < 1.29 is 0 Å². The van der Waals surface area contributed by atoms with E-state index in [1.165, 1.54) is 25.7 Å². The minimum absolute atomic E-state index is 0.853. The van der Waals surface area contributed by atoms with E-state index in [0.29, 0.717) is 0 Å². The smallest absolute Gasteiger partial charge is 0.0159 e. The fourth-order valence-electron chi connectivity index (χ4n) is 2.47. The van der Waals surface area contributed by atoms with E-state index >= 15 is 0 Å². The molecule has 0 bridgehead atoms. The summed E-state index contributed by atoms with van der Waals surface area (Å²) in [5.74, 6) is 1.84. The molecule has 0 saturated heterocycles. The third kappa shape index (κ3) is 1.93. The van der Waals surface area contributed by atoms with E-state index < -0.39 is 0 Å². The number of rotatable bonds is 2. The second-order valence-corrected chi connectivity index (χ2v) is 4.19. The van der Waals surface area contributed by atoms with E-state index in [9.17, 15) is 0 Å². The molecular weight excluding hydrogens is 156 g/mol. The van der Waals surface area contributed by atoms with Crippen LogP contribution in [0, 0.1) is 5.92 Å². The van der Waals surface area contributed by atoms with E-state index in [1.807, 2.05) is 0 Å². The zero-order valence-corrected chi connectivity index (χ0v) is 8.37. The molecule has 1 aromatic carbocycles. The van der Waals surface area contributed by atoms with Crippen LogP contribution in [0.4, 0.5) is 0 Å². The van der Waals surface area contributed by atoms with Gasteiger partial charge in [0.05, 0.1) is 0 Å². The first-order chi connectivity index (χ1) is 6.40. The molecule has 1 aromatic rings. The highest BCUT2D eigenvalue weighted by atomic mass is 14.3. The van der Waals surface area contributed by atoms with E-state index in [0.717, 1.165) is 11.8 Å². The summed E-state index contributed by atoms with van der Waals surface area (Å²) in [5.41, 5.74) is 1.55. The Labute approximate surface area is 81.0 Å². The predicted octanol–water partition coefficient (Wildman–Crippen LogP) is 3.98. The number of hydrogen-bond donors (Lipinski definition) is 0. The van der Waals surface area contributed by atoms with E-state index in [2.05, 4.69) is 37.3 Å². The van der Waals surface area contributed by atoms with Crippen LogP contribution in [0.3, 0.4) is 0 Å². The summed E-state index contributed by atoms with van der Waals surface area (Å²) in [6.45, 7) is 2.32. The quantitative estimate of drug-likeness (QED) is 0.636. The average Bonchev–Trinajstić information content (AvgIpc) is 2.67. The van der Waals surface area contributed by atoms with Crippen molar-refractivity contribution >= 4 is 0 Å². The summed E-state index contributed by atoms with van der Waals surface area (Å²) in [5, 5.41) is 0. The Morgan fingerprint density at radius 2 is 1.92 bits per heavy atom. The third-order valence-electron chi connectivity index (χ3n) is 3.39. The van der Waals surface area contributed by atoms with Crippen molar-refractivity contribution in [3.8, 4) is 0 Å². The maximum atomic E-state index is 2.32. The SMILES string of the molecule is CCC1CCC(c2ccccc2)C1. The average molecular weight is 174 g/mol. The van der Waals surface area contributed by atoms with Crippen molar-refractivity contribution in [2.75, 3.05) is 0 Å². The highest BCUT2D eigenvalue weighted by Crippen LogP contribution is 2.39. The molecule has 0 aliphatic heterocycles. The van der Waals surface area contributed by atoms with Gasteiger partial charge in [-0.1, -0.05) is 43.7 Å². The van der Waals surface area contributed by atoms with Gasteiger partial charge in [-0.2, -0.15) is 0 Å². The number of benzene rings is 1. The molecule has 70 valence electrons. The molecule has 0 spiro atoms. The molecule has 1 aliphatic carbocycles. The van der Waals surface area contributed by atoms with E-state index in [-0.39, 0.29) is 0 Å². The third-order valence-corrected chi connectivity index (χ3v) is 3.39. The van der Waals surface area contributed by atoms with Crippen LogP contribution in [0.5, 0.6) is 0 Å². The maximum absolute atomic E-state index is 2.32. The summed E-state index contributed by atoms with van der Waals surface area (Å²) >= 11 is 0. The monoisotopic (exact) mass is 174 g/mol. The topological polar surface area (TPSA) is 0 Å². The predicted molar refractivity (Wildman–Crippen MR) is 56.8 cm³/mol. The molecule has 0 N–H and O–H groups in total. The molecule has 0 heteroatoms. The zero-order valence-electron chi connectivity index (χ0n) is 8.37. The Morgan fingerprint density at radius 3 is 2.54 bits per heavy atom. The Morgan fingerprint density at radius 1 is 1.15 bits per heavy atom. The highest BCUT2D eigenvalue weighted by molar-refractivity contribution is 5.20. The Kier molecular flexibility index (Phi) is 2.68. The van der Waals surface area contributed by atoms with Gasteiger partial charge in [-0.05, 0) is 36.7 Å². The largest absolute Gasteiger partial charge is 0.0651 e. The minimum atomic E-state index is 0.853. The van der Waals surface area contributed by atoms with Crippen molar-refractivity contribution in [3.63, 3.8) is 0 Å². The van der Waals surface area contributed by atoms with Crippen LogP contribution in [0.25, 0.3) is 0 Å². The fraction of sp³-hybridized carbons (Fsp3) is 0.538. The minimum Gasteiger partial charge on any atom is -0.0651 e. The standard InChI is InChI=1S/C13H18/c1-2-11-8-9-13(10-11)12-6-4-3-5-7-12/h3-7,11,13H,2,8-10H2,1H3. The molecule has 2 unspecified atom stereocenters. The first-order valence-electron chi connectivity index (χ1n) is 5.45. The second-order valence-electron chi connectivity index (χ2n) is 4.19. The first kappa shape index (κ1) is 8.80. The molecule has 0 heterocycles. The van der Waals surface area contributed by atoms with Crippen molar-refractivity contribution in [2.24, 2.45) is 5.92 Å². The lowest BCUT2D eigenvalue weighted by atomic mass is 9.96. The molecule has 1 aliphatic rings. The molecule has 1 fully saturated rings. The molecule has 2 atom stereocenters. The Hall–Kier alpha value is -0.780. The summed E-state index contributed by atoms with van der Waals surface area (Å²) in [6, 6.07) is 11.0. The highest BCUT2D eigenvalue weighted by Gasteiger charge is 2.23. The molecule has 0 nitrogen and oxygen atoms in total. The molecule has 0 radical (unpaired) electrons. The summed E-state index contributed by atoms with van der Waals surface area (Å²) in [6.07, 6.45) is 5.63. The van der Waals surface area contributed by atoms with Gasteiger partial charge >= 0.3 is 0 Å². The molecule has 2 rings (SSSR count). The maximum Gasteiger partial charge on any atom is -0.0159 e. The van der Waals surface area contributed by atoms with Crippen LogP contribution in [0.2, 0.25) is 0 Å². The van der Waals surface area contributed by atoms with Crippen LogP contribution in [-0.4, -0.2) is 0 Å². The van der Waals surface area contributed by atoms with Gasteiger partial charge in [0, 0.05) is 0 Å². The van der Waals surface area contributed by atoms with Crippen LogP contribution >= 0.6 is 0 Å². The number of hydrogen-bond acceptors (Lipinski definition) is 0. The molecule has 13 heavy (non-hydrogen) atoms. The van der Waals surface area contributed by atoms with Gasteiger partial charge in [0.25, 0.3) is 0 Å². The van der Waals surface area contributed by atoms with Gasteiger partial charge in [-0.25, -0.2) is 0 Å². The van der Waals surface area contributed by atoms with Crippen molar-refractivity contribution in [2.45, 2.75) is 38.5 Å². The normalized spacial score (nSPS) is 27.8. The second kappa shape index (κ2) is 3.95. The summed E-state index contributed by atoms with van der Waals surface area (Å²) in [7, 11) is 0. The van der Waals surface area contributed by atoms with Gasteiger partial charge < -0.3 is 0 Å². The van der Waals surface area contributed by atoms with Crippen LogP contribution in [0.1, 0.15) is 44.1 Å².